The average molecular weight is 261 g/mol. The molecule has 0 spiro atoms. The normalized spacial score (nSPS) is 10.9. The number of rotatable bonds is 7. The van der Waals surface area contributed by atoms with Crippen molar-refractivity contribution in [3.63, 3.8) is 0 Å². The monoisotopic (exact) mass is 261 g/mol. The van der Waals surface area contributed by atoms with E-state index in [1.54, 1.807) is 19.3 Å². The smallest absolute Gasteiger partial charge is 0.244 e. The third-order valence-electron chi connectivity index (χ3n) is 3.24. The molecule has 104 valence electrons. The van der Waals surface area contributed by atoms with Gasteiger partial charge in [0.2, 0.25) is 5.91 Å². The fraction of sp³-hybridized carbons (Fsp3) is 0.438. The first-order valence-corrected chi connectivity index (χ1v) is 6.79. The van der Waals surface area contributed by atoms with E-state index in [1.807, 2.05) is 24.3 Å². The van der Waals surface area contributed by atoms with Gasteiger partial charge in [-0.15, -0.1) is 0 Å². The van der Waals surface area contributed by atoms with Gasteiger partial charge >= 0.3 is 0 Å². The van der Waals surface area contributed by atoms with E-state index in [4.69, 9.17) is 4.74 Å². The van der Waals surface area contributed by atoms with Gasteiger partial charge in [0.1, 0.15) is 5.75 Å². The van der Waals surface area contributed by atoms with E-state index in [2.05, 4.69) is 19.2 Å². The summed E-state index contributed by atoms with van der Waals surface area (Å²) in [7, 11) is 1.63. The van der Waals surface area contributed by atoms with E-state index in [0.29, 0.717) is 5.92 Å². The molecular weight excluding hydrogens is 238 g/mol. The maximum absolute atomic E-state index is 11.7. The third-order valence-corrected chi connectivity index (χ3v) is 3.24. The molecule has 0 unspecified atom stereocenters. The quantitative estimate of drug-likeness (QED) is 0.765. The largest absolute Gasteiger partial charge is 0.497 e. The molecule has 1 rings (SSSR count). The summed E-state index contributed by atoms with van der Waals surface area (Å²) in [6.45, 7) is 5.03. The average Bonchev–Trinajstić information content (AvgIpc) is 2.46. The Labute approximate surface area is 115 Å². The molecule has 0 radical (unpaired) electrons. The van der Waals surface area contributed by atoms with Gasteiger partial charge in [0, 0.05) is 12.6 Å². The number of nitrogens with one attached hydrogen (secondary N) is 1. The number of methoxy groups -OCH3 is 1. The van der Waals surface area contributed by atoms with E-state index < -0.39 is 0 Å². The van der Waals surface area contributed by atoms with Gasteiger partial charge in [0.05, 0.1) is 7.11 Å². The van der Waals surface area contributed by atoms with Crippen LogP contribution in [0.25, 0.3) is 6.08 Å². The van der Waals surface area contributed by atoms with Gasteiger partial charge in [-0.25, -0.2) is 0 Å². The Morgan fingerprint density at radius 2 is 2.11 bits per heavy atom. The zero-order valence-electron chi connectivity index (χ0n) is 12.0. The predicted octanol–water partition coefficient (Wildman–Crippen LogP) is 3.26. The van der Waals surface area contributed by atoms with Crippen LogP contribution in [0.5, 0.6) is 5.75 Å². The Morgan fingerprint density at radius 3 is 2.74 bits per heavy atom. The molecule has 3 nitrogen and oxygen atoms in total. The summed E-state index contributed by atoms with van der Waals surface area (Å²) < 4.78 is 5.14. The minimum absolute atomic E-state index is 0.0466. The predicted molar refractivity (Wildman–Crippen MR) is 79.1 cm³/mol. The number of carbonyl (C=O) groups excluding carboxylic acids is 1. The molecule has 0 bridgehead atoms. The molecule has 0 atom stereocenters. The zero-order chi connectivity index (χ0) is 14.1. The van der Waals surface area contributed by atoms with Gasteiger partial charge in [-0.1, -0.05) is 38.8 Å². The van der Waals surface area contributed by atoms with E-state index in [1.165, 1.54) is 0 Å². The van der Waals surface area contributed by atoms with Crippen LogP contribution in [0, 0.1) is 5.92 Å². The number of ether oxygens (including phenoxy) is 1. The van der Waals surface area contributed by atoms with E-state index in [0.717, 1.165) is 30.7 Å². The second-order valence-electron chi connectivity index (χ2n) is 4.54. The lowest BCUT2D eigenvalue weighted by Gasteiger charge is -2.11. The number of benzene rings is 1. The van der Waals surface area contributed by atoms with E-state index in [9.17, 15) is 4.79 Å². The zero-order valence-corrected chi connectivity index (χ0v) is 12.0. The molecule has 0 heterocycles. The molecule has 0 fully saturated rings. The lowest BCUT2D eigenvalue weighted by atomic mass is 10.0. The molecule has 0 aliphatic carbocycles. The molecule has 1 aromatic rings. The molecule has 0 saturated heterocycles. The van der Waals surface area contributed by atoms with Crippen LogP contribution in [0.4, 0.5) is 0 Å². The van der Waals surface area contributed by atoms with Crippen molar-refractivity contribution in [3.8, 4) is 5.75 Å². The minimum Gasteiger partial charge on any atom is -0.497 e. The number of hydrogen-bond acceptors (Lipinski definition) is 2. The third kappa shape index (κ3) is 5.60. The number of carbonyl (C=O) groups is 1. The fourth-order valence-corrected chi connectivity index (χ4v) is 1.80. The first-order chi connectivity index (χ1) is 9.19. The lowest BCUT2D eigenvalue weighted by Crippen LogP contribution is -2.27. The minimum atomic E-state index is -0.0466. The Bertz CT molecular complexity index is 423. The second-order valence-corrected chi connectivity index (χ2v) is 4.54. The lowest BCUT2D eigenvalue weighted by molar-refractivity contribution is -0.116. The summed E-state index contributed by atoms with van der Waals surface area (Å²) in [4.78, 5) is 11.7. The Kier molecular flexibility index (Phi) is 6.72. The summed E-state index contributed by atoms with van der Waals surface area (Å²) in [5, 5.41) is 2.93. The molecule has 0 aliphatic rings. The SMILES string of the molecule is CCC(CC)CNC(=O)/C=C/c1cccc(OC)c1. The van der Waals surface area contributed by atoms with Gasteiger partial charge in [-0.05, 0) is 29.7 Å². The van der Waals surface area contributed by atoms with Gasteiger partial charge in [0.25, 0.3) is 0 Å². The summed E-state index contributed by atoms with van der Waals surface area (Å²) in [6, 6.07) is 7.61. The molecule has 0 aromatic heterocycles. The van der Waals surface area contributed by atoms with Crippen LogP contribution in [0.1, 0.15) is 32.3 Å². The van der Waals surface area contributed by atoms with Crippen LogP contribution < -0.4 is 10.1 Å². The first kappa shape index (κ1) is 15.3. The summed E-state index contributed by atoms with van der Waals surface area (Å²) >= 11 is 0. The Balaban J connectivity index is 2.49. The van der Waals surface area contributed by atoms with E-state index in [-0.39, 0.29) is 5.91 Å². The highest BCUT2D eigenvalue weighted by Gasteiger charge is 2.04. The number of amides is 1. The van der Waals surface area contributed by atoms with Crippen molar-refractivity contribution in [3.05, 3.63) is 35.9 Å². The highest BCUT2D eigenvalue weighted by atomic mass is 16.5. The molecular formula is C16H23NO2. The van der Waals surface area contributed by atoms with Crippen molar-refractivity contribution < 1.29 is 9.53 Å². The molecule has 19 heavy (non-hydrogen) atoms. The first-order valence-electron chi connectivity index (χ1n) is 6.79. The summed E-state index contributed by atoms with van der Waals surface area (Å²) in [5.74, 6) is 1.31. The summed E-state index contributed by atoms with van der Waals surface area (Å²) in [5.41, 5.74) is 0.956. The maximum Gasteiger partial charge on any atom is 0.244 e. The molecule has 1 amide bonds. The highest BCUT2D eigenvalue weighted by molar-refractivity contribution is 5.91. The molecule has 1 N–H and O–H groups in total. The molecule has 0 saturated carbocycles. The second kappa shape index (κ2) is 8.35. The van der Waals surface area contributed by atoms with Crippen LogP contribution >= 0.6 is 0 Å². The Hall–Kier alpha value is -1.77. The van der Waals surface area contributed by atoms with Crippen molar-refractivity contribution in [1.29, 1.82) is 0 Å². The van der Waals surface area contributed by atoms with Gasteiger partial charge in [-0.3, -0.25) is 4.79 Å². The van der Waals surface area contributed by atoms with E-state index >= 15 is 0 Å². The van der Waals surface area contributed by atoms with Crippen LogP contribution in [0.2, 0.25) is 0 Å². The summed E-state index contributed by atoms with van der Waals surface area (Å²) in [6.07, 6.45) is 5.55. The molecule has 0 aliphatic heterocycles. The van der Waals surface area contributed by atoms with Gasteiger partial charge in [-0.2, -0.15) is 0 Å². The van der Waals surface area contributed by atoms with Crippen molar-refractivity contribution in [1.82, 2.24) is 5.32 Å². The highest BCUT2D eigenvalue weighted by Crippen LogP contribution is 2.13. The number of hydrogen-bond donors (Lipinski definition) is 1. The van der Waals surface area contributed by atoms with Crippen LogP contribution in [-0.2, 0) is 4.79 Å². The van der Waals surface area contributed by atoms with Crippen molar-refractivity contribution >= 4 is 12.0 Å². The standard InChI is InChI=1S/C16H23NO2/c1-4-13(5-2)12-17-16(18)10-9-14-7-6-8-15(11-14)19-3/h6-11,13H,4-5,12H2,1-3H3,(H,17,18)/b10-9+. The Morgan fingerprint density at radius 1 is 1.37 bits per heavy atom. The fourth-order valence-electron chi connectivity index (χ4n) is 1.80. The van der Waals surface area contributed by atoms with Crippen molar-refractivity contribution in [2.75, 3.05) is 13.7 Å². The van der Waals surface area contributed by atoms with Crippen LogP contribution in [0.3, 0.4) is 0 Å². The van der Waals surface area contributed by atoms with Crippen LogP contribution in [0.15, 0.2) is 30.3 Å². The van der Waals surface area contributed by atoms with Gasteiger partial charge in [0.15, 0.2) is 0 Å². The van der Waals surface area contributed by atoms with Crippen molar-refractivity contribution in [2.24, 2.45) is 5.92 Å². The maximum atomic E-state index is 11.7. The van der Waals surface area contributed by atoms with Gasteiger partial charge < -0.3 is 10.1 Å². The van der Waals surface area contributed by atoms with Crippen molar-refractivity contribution in [2.45, 2.75) is 26.7 Å². The topological polar surface area (TPSA) is 38.3 Å². The van der Waals surface area contributed by atoms with Crippen LogP contribution in [-0.4, -0.2) is 19.6 Å². The molecule has 1 aromatic carbocycles. The molecule has 3 heteroatoms.